The van der Waals surface area contributed by atoms with Crippen LogP contribution in [0.2, 0.25) is 0 Å². The molecule has 0 N–H and O–H groups in total. The van der Waals surface area contributed by atoms with Crippen LogP contribution in [0.3, 0.4) is 0 Å². The zero-order valence-corrected chi connectivity index (χ0v) is 10.5. The molecule has 2 unspecified atom stereocenters. The van der Waals surface area contributed by atoms with E-state index in [1.54, 1.807) is 0 Å². The first-order valence-corrected chi connectivity index (χ1v) is 6.34. The maximum Gasteiger partial charge on any atom is 0.0158 e. The lowest BCUT2D eigenvalue weighted by Crippen LogP contribution is -2.54. The zero-order valence-electron chi connectivity index (χ0n) is 10.5. The molecule has 0 saturated carbocycles. The monoisotopic (exact) mass is 197 g/mol. The molecule has 0 aromatic heterocycles. The lowest BCUT2D eigenvalue weighted by atomic mass is 9.71. The fourth-order valence-corrected chi connectivity index (χ4v) is 2.75. The van der Waals surface area contributed by atoms with E-state index < -0.39 is 0 Å². The Labute approximate surface area is 89.9 Å². The van der Waals surface area contributed by atoms with Gasteiger partial charge in [0.2, 0.25) is 0 Å². The fourth-order valence-electron chi connectivity index (χ4n) is 2.75. The molecule has 84 valence electrons. The van der Waals surface area contributed by atoms with Gasteiger partial charge in [0.1, 0.15) is 0 Å². The molecule has 2 atom stereocenters. The van der Waals surface area contributed by atoms with E-state index >= 15 is 0 Å². The highest BCUT2D eigenvalue weighted by Gasteiger charge is 2.39. The predicted octanol–water partition coefficient (Wildman–Crippen LogP) is 3.69. The number of rotatable bonds is 6. The Morgan fingerprint density at radius 1 is 1.29 bits per heavy atom. The summed E-state index contributed by atoms with van der Waals surface area (Å²) in [5.41, 5.74) is 0.585. The van der Waals surface area contributed by atoms with E-state index in [0.717, 1.165) is 6.04 Å². The minimum atomic E-state index is 0.585. The van der Waals surface area contributed by atoms with Gasteiger partial charge < -0.3 is 4.90 Å². The molecular weight excluding hydrogens is 170 g/mol. The number of hydrogen-bond donors (Lipinski definition) is 0. The summed E-state index contributed by atoms with van der Waals surface area (Å²) in [4.78, 5) is 2.54. The number of hydrogen-bond acceptors (Lipinski definition) is 1. The Morgan fingerprint density at radius 2 is 2.00 bits per heavy atom. The summed E-state index contributed by atoms with van der Waals surface area (Å²) in [6, 6.07) is 0.865. The van der Waals surface area contributed by atoms with Crippen LogP contribution in [0.25, 0.3) is 0 Å². The van der Waals surface area contributed by atoms with Crippen LogP contribution in [0.5, 0.6) is 0 Å². The summed E-state index contributed by atoms with van der Waals surface area (Å²) in [7, 11) is 2.28. The topological polar surface area (TPSA) is 3.24 Å². The smallest absolute Gasteiger partial charge is 0.0158 e. The molecule has 1 heterocycles. The fraction of sp³-hybridized carbons (Fsp3) is 1.00. The minimum absolute atomic E-state index is 0.585. The quantitative estimate of drug-likeness (QED) is 0.587. The van der Waals surface area contributed by atoms with Crippen LogP contribution in [0.4, 0.5) is 0 Å². The van der Waals surface area contributed by atoms with Gasteiger partial charge in [-0.25, -0.2) is 0 Å². The van der Waals surface area contributed by atoms with E-state index in [1.807, 2.05) is 0 Å². The first kappa shape index (κ1) is 12.0. The lowest BCUT2D eigenvalue weighted by molar-refractivity contribution is 0.00506. The van der Waals surface area contributed by atoms with Crippen molar-refractivity contribution in [3.05, 3.63) is 0 Å². The van der Waals surface area contributed by atoms with Gasteiger partial charge in [-0.05, 0) is 38.3 Å². The summed E-state index contributed by atoms with van der Waals surface area (Å²) in [5.74, 6) is 0. The second-order valence-electron chi connectivity index (χ2n) is 5.25. The summed E-state index contributed by atoms with van der Waals surface area (Å²) in [5, 5.41) is 0. The van der Waals surface area contributed by atoms with Gasteiger partial charge in [0, 0.05) is 6.04 Å². The van der Waals surface area contributed by atoms with Crippen molar-refractivity contribution in [2.75, 3.05) is 13.6 Å². The third-order valence-corrected chi connectivity index (χ3v) is 4.25. The molecule has 1 heteroatoms. The normalized spacial score (nSPS) is 27.0. The second kappa shape index (κ2) is 5.16. The highest BCUT2D eigenvalue weighted by atomic mass is 15.2. The molecule has 1 nitrogen and oxygen atoms in total. The lowest BCUT2D eigenvalue weighted by Gasteiger charge is -2.49. The Kier molecular flexibility index (Phi) is 4.43. The molecule has 1 aliphatic heterocycles. The maximum atomic E-state index is 2.54. The van der Waals surface area contributed by atoms with Crippen molar-refractivity contribution in [2.24, 2.45) is 5.41 Å². The first-order chi connectivity index (χ1) is 6.64. The van der Waals surface area contributed by atoms with Gasteiger partial charge >= 0.3 is 0 Å². The number of unbranched alkanes of at least 4 members (excludes halogenated alkanes) is 2. The molecule has 1 saturated heterocycles. The summed E-state index contributed by atoms with van der Waals surface area (Å²) >= 11 is 0. The summed E-state index contributed by atoms with van der Waals surface area (Å²) < 4.78 is 0. The van der Waals surface area contributed by atoms with Crippen molar-refractivity contribution < 1.29 is 0 Å². The van der Waals surface area contributed by atoms with Crippen molar-refractivity contribution in [3.63, 3.8) is 0 Å². The van der Waals surface area contributed by atoms with Crippen LogP contribution in [-0.4, -0.2) is 24.5 Å². The van der Waals surface area contributed by atoms with E-state index in [9.17, 15) is 0 Å². The molecule has 0 aromatic rings. The molecule has 0 radical (unpaired) electrons. The van der Waals surface area contributed by atoms with E-state index in [0.29, 0.717) is 5.41 Å². The van der Waals surface area contributed by atoms with Gasteiger partial charge in [0.25, 0.3) is 0 Å². The van der Waals surface area contributed by atoms with Crippen LogP contribution in [0.15, 0.2) is 0 Å². The minimum Gasteiger partial charge on any atom is -0.303 e. The summed E-state index contributed by atoms with van der Waals surface area (Å²) in [6.07, 6.45) is 8.36. The van der Waals surface area contributed by atoms with Crippen LogP contribution < -0.4 is 0 Å². The van der Waals surface area contributed by atoms with Crippen LogP contribution in [-0.2, 0) is 0 Å². The molecule has 0 spiro atoms. The van der Waals surface area contributed by atoms with Gasteiger partial charge in [-0.15, -0.1) is 0 Å². The SMILES string of the molecule is CCCCCC(C)(CC)C1CCN1C. The highest BCUT2D eigenvalue weighted by Crippen LogP contribution is 2.40. The van der Waals surface area contributed by atoms with Crippen molar-refractivity contribution in [1.29, 1.82) is 0 Å². The van der Waals surface area contributed by atoms with Crippen LogP contribution in [0.1, 0.15) is 59.3 Å². The maximum absolute atomic E-state index is 2.54. The third-order valence-electron chi connectivity index (χ3n) is 4.25. The largest absolute Gasteiger partial charge is 0.303 e. The van der Waals surface area contributed by atoms with Gasteiger partial charge in [0.05, 0.1) is 0 Å². The molecule has 14 heavy (non-hydrogen) atoms. The van der Waals surface area contributed by atoms with Crippen molar-refractivity contribution in [1.82, 2.24) is 4.90 Å². The van der Waals surface area contributed by atoms with Crippen molar-refractivity contribution in [3.8, 4) is 0 Å². The summed E-state index contributed by atoms with van der Waals surface area (Å²) in [6.45, 7) is 8.45. The molecule has 1 rings (SSSR count). The van der Waals surface area contributed by atoms with Crippen LogP contribution >= 0.6 is 0 Å². The van der Waals surface area contributed by atoms with Crippen molar-refractivity contribution in [2.45, 2.75) is 65.3 Å². The predicted molar refractivity (Wildman–Crippen MR) is 63.6 cm³/mol. The van der Waals surface area contributed by atoms with Gasteiger partial charge in [-0.2, -0.15) is 0 Å². The molecule has 1 fully saturated rings. The molecule has 0 amide bonds. The second-order valence-corrected chi connectivity index (χ2v) is 5.25. The standard InChI is InChI=1S/C13H27N/c1-5-7-8-10-13(3,6-2)12-9-11-14(12)4/h12H,5-11H2,1-4H3. The average molecular weight is 197 g/mol. The molecule has 0 aromatic carbocycles. The number of nitrogens with zero attached hydrogens (tertiary/aromatic N) is 1. The third kappa shape index (κ3) is 2.50. The Hall–Kier alpha value is -0.0400. The van der Waals surface area contributed by atoms with Gasteiger partial charge in [-0.3, -0.25) is 0 Å². The molecule has 0 bridgehead atoms. The van der Waals surface area contributed by atoms with Crippen molar-refractivity contribution >= 4 is 0 Å². The van der Waals surface area contributed by atoms with Gasteiger partial charge in [0.15, 0.2) is 0 Å². The molecular formula is C13H27N. The molecule has 0 aliphatic carbocycles. The Morgan fingerprint density at radius 3 is 2.36 bits per heavy atom. The molecule has 1 aliphatic rings. The zero-order chi connectivity index (χ0) is 10.6. The number of likely N-dealkylation sites (tertiary alicyclic amines) is 1. The van der Waals surface area contributed by atoms with E-state index in [4.69, 9.17) is 0 Å². The highest BCUT2D eigenvalue weighted by molar-refractivity contribution is 4.93. The average Bonchev–Trinajstić information content (AvgIpc) is 2.16. The first-order valence-electron chi connectivity index (χ1n) is 6.34. The Balaban J connectivity index is 2.39. The van der Waals surface area contributed by atoms with E-state index in [1.165, 1.54) is 45.1 Å². The van der Waals surface area contributed by atoms with E-state index in [2.05, 4.69) is 32.7 Å². The van der Waals surface area contributed by atoms with Crippen LogP contribution in [0, 0.1) is 5.41 Å². The van der Waals surface area contributed by atoms with E-state index in [-0.39, 0.29) is 0 Å². The van der Waals surface area contributed by atoms with Gasteiger partial charge in [-0.1, -0.05) is 40.0 Å². The Bertz CT molecular complexity index is 167.